The van der Waals surface area contributed by atoms with Crippen LogP contribution < -0.4 is 0 Å². The number of hydrogen-bond acceptors (Lipinski definition) is 10. The van der Waals surface area contributed by atoms with E-state index in [1.807, 2.05) is 36.8 Å². The molecule has 0 radical (unpaired) electrons. The number of benzene rings is 15. The average molecular weight is 1270 g/mol. The minimum Gasteiger partial charge on any atom is -0.507 e. The van der Waals surface area contributed by atoms with Gasteiger partial charge in [-0.2, -0.15) is 0 Å². The van der Waals surface area contributed by atoms with Crippen molar-refractivity contribution in [3.05, 3.63) is 267 Å². The SMILES string of the molecule is Cc1cc(C=NCCN(CCN=Cc2cc(C)cc(CN(C)Cc3ccc4ccc5cccc6ccc3c4c56)c2O)CCN=Cc2cc(C)cc(CN(C)Cc3ccc4ccc5cccc6ccc3c4c56)c2O)c(O)c(CN(C)Cc2ccc3ccc4cccc5ccc2c3c45)c1. The van der Waals surface area contributed by atoms with Crippen molar-refractivity contribution >= 4 is 116 Å². The van der Waals surface area contributed by atoms with Crippen molar-refractivity contribution in [3.8, 4) is 17.2 Å². The van der Waals surface area contributed by atoms with Gasteiger partial charge in [0.25, 0.3) is 0 Å². The first-order valence-corrected chi connectivity index (χ1v) is 34.0. The van der Waals surface area contributed by atoms with Crippen molar-refractivity contribution in [2.45, 2.75) is 60.0 Å². The molecule has 0 spiro atoms. The summed E-state index contributed by atoms with van der Waals surface area (Å²) in [6, 6.07) is 72.1. The molecule has 0 atom stereocenters. The lowest BCUT2D eigenvalue weighted by Gasteiger charge is -2.21. The number of rotatable bonds is 24. The lowest BCUT2D eigenvalue weighted by Crippen LogP contribution is -2.31. The van der Waals surface area contributed by atoms with Gasteiger partial charge in [0.15, 0.2) is 0 Å². The standard InChI is InChI=1S/C87H81N7O3/c1-55-40-70(85(95)73(43-55)52-91(4)49-67-25-22-64-19-16-58-10-7-13-61-28-31-76(67)82(64)79(58)61)46-88-34-37-94(38-35-89-47-71-41-56(2)44-74(86(71)96)53-92(5)50-68-26-23-65-20-17-59-11-8-14-62-29-32-77(68)83(65)80(59)62)39-36-90-48-72-42-57(3)45-75(87(72)97)54-93(6)51-69-27-24-66-21-18-60-12-9-15-63-30-33-78(69)84(66)81(60)63/h7-33,40-48,95-97H,34-39,49-54H2,1-6H3. The highest BCUT2D eigenvalue weighted by atomic mass is 16.3. The summed E-state index contributed by atoms with van der Waals surface area (Å²) >= 11 is 0. The maximum absolute atomic E-state index is 11.8. The monoisotopic (exact) mass is 1270 g/mol. The van der Waals surface area contributed by atoms with Gasteiger partial charge in [-0.15, -0.1) is 0 Å². The van der Waals surface area contributed by atoms with Gasteiger partial charge in [0.1, 0.15) is 17.2 Å². The zero-order chi connectivity index (χ0) is 66.4. The first kappa shape index (κ1) is 62.8. The maximum Gasteiger partial charge on any atom is 0.128 e. The molecule has 97 heavy (non-hydrogen) atoms. The molecular weight excluding hydrogens is 1190 g/mol. The third-order valence-electron chi connectivity index (χ3n) is 19.9. The lowest BCUT2D eigenvalue weighted by atomic mass is 9.92. The van der Waals surface area contributed by atoms with Gasteiger partial charge in [-0.3, -0.25) is 34.6 Å². The Morgan fingerprint density at radius 3 is 0.804 bits per heavy atom. The molecule has 482 valence electrons. The Balaban J connectivity index is 0.626. The molecule has 0 aliphatic heterocycles. The molecule has 0 amide bonds. The number of hydrogen-bond donors (Lipinski definition) is 3. The smallest absolute Gasteiger partial charge is 0.128 e. The summed E-state index contributed by atoms with van der Waals surface area (Å²) in [7, 11) is 6.35. The van der Waals surface area contributed by atoms with Gasteiger partial charge in [-0.05, 0) is 190 Å². The number of aromatic hydroxyl groups is 3. The molecule has 10 heteroatoms. The van der Waals surface area contributed by atoms with E-state index in [1.165, 1.54) is 114 Å². The van der Waals surface area contributed by atoms with Gasteiger partial charge >= 0.3 is 0 Å². The molecule has 0 aliphatic rings. The third-order valence-corrected chi connectivity index (χ3v) is 19.9. The molecule has 15 aromatic carbocycles. The summed E-state index contributed by atoms with van der Waals surface area (Å²) in [6.45, 7) is 13.4. The van der Waals surface area contributed by atoms with E-state index < -0.39 is 0 Å². The summed E-state index contributed by atoms with van der Waals surface area (Å²) < 4.78 is 0. The van der Waals surface area contributed by atoms with Crippen LogP contribution in [0.4, 0.5) is 0 Å². The Morgan fingerprint density at radius 2 is 0.526 bits per heavy atom. The van der Waals surface area contributed by atoms with Crippen LogP contribution in [-0.2, 0) is 39.3 Å². The van der Waals surface area contributed by atoms with Crippen LogP contribution in [0.5, 0.6) is 17.2 Å². The number of nitrogens with zero attached hydrogens (tertiary/aromatic N) is 7. The van der Waals surface area contributed by atoms with E-state index >= 15 is 0 Å². The Labute approximate surface area is 567 Å². The third kappa shape index (κ3) is 12.7. The molecule has 3 N–H and O–H groups in total. The molecule has 0 saturated carbocycles. The predicted octanol–water partition coefficient (Wildman–Crippen LogP) is 18.3. The fourth-order valence-corrected chi connectivity index (χ4v) is 15.4. The van der Waals surface area contributed by atoms with E-state index in [2.05, 4.69) is 244 Å². The first-order chi connectivity index (χ1) is 47.2. The fourth-order valence-electron chi connectivity index (χ4n) is 15.4. The Morgan fingerprint density at radius 1 is 0.289 bits per heavy atom. The van der Waals surface area contributed by atoms with Crippen molar-refractivity contribution in [1.82, 2.24) is 19.6 Å². The molecule has 0 unspecified atom stereocenters. The molecule has 0 heterocycles. The van der Waals surface area contributed by atoms with Gasteiger partial charge in [-0.25, -0.2) is 0 Å². The normalized spacial score (nSPS) is 12.7. The van der Waals surface area contributed by atoms with Crippen molar-refractivity contribution in [2.75, 3.05) is 60.4 Å². The molecule has 15 rings (SSSR count). The van der Waals surface area contributed by atoms with Crippen LogP contribution in [-0.4, -0.2) is 114 Å². The van der Waals surface area contributed by atoms with Crippen LogP contribution in [0.15, 0.2) is 215 Å². The topological polar surface area (TPSA) is 111 Å². The zero-order valence-electron chi connectivity index (χ0n) is 56.2. The fraction of sp³-hybridized carbons (Fsp3) is 0.207. The molecule has 0 aliphatic carbocycles. The summed E-state index contributed by atoms with van der Waals surface area (Å²) in [4.78, 5) is 23.9. The highest BCUT2D eigenvalue weighted by Gasteiger charge is 2.20. The quantitative estimate of drug-likeness (QED) is 0.0408. The second-order valence-corrected chi connectivity index (χ2v) is 27.3. The molecule has 15 aromatic rings. The molecular formula is C87H81N7O3. The van der Waals surface area contributed by atoms with Crippen molar-refractivity contribution < 1.29 is 15.3 Å². The highest BCUT2D eigenvalue weighted by Crippen LogP contribution is 2.41. The van der Waals surface area contributed by atoms with Crippen molar-refractivity contribution in [1.29, 1.82) is 0 Å². The van der Waals surface area contributed by atoms with Crippen LogP contribution in [0.1, 0.15) is 66.8 Å². The number of aryl methyl sites for hydroxylation is 3. The average Bonchev–Trinajstić information content (AvgIpc) is 0.755. The van der Waals surface area contributed by atoms with Crippen LogP contribution in [0.2, 0.25) is 0 Å². The van der Waals surface area contributed by atoms with Crippen LogP contribution in [0.25, 0.3) is 97.0 Å². The Bertz CT molecular complexity index is 4950. The Kier molecular flexibility index (Phi) is 17.3. The van der Waals surface area contributed by atoms with E-state index in [0.717, 1.165) is 53.0 Å². The zero-order valence-corrected chi connectivity index (χ0v) is 56.2. The van der Waals surface area contributed by atoms with Crippen molar-refractivity contribution in [2.24, 2.45) is 15.0 Å². The molecule has 0 bridgehead atoms. The first-order valence-electron chi connectivity index (χ1n) is 34.0. The van der Waals surface area contributed by atoms with E-state index in [-0.39, 0.29) is 17.2 Å². The Hall–Kier alpha value is -10.3. The van der Waals surface area contributed by atoms with Gasteiger partial charge < -0.3 is 15.3 Å². The summed E-state index contributed by atoms with van der Waals surface area (Å²) in [5.41, 5.74) is 11.6. The van der Waals surface area contributed by atoms with E-state index in [4.69, 9.17) is 15.0 Å². The largest absolute Gasteiger partial charge is 0.507 e. The second kappa shape index (κ2) is 26.7. The minimum atomic E-state index is 0.244. The number of phenols is 3. The molecule has 0 fully saturated rings. The number of aliphatic imine (C=N–C) groups is 3. The van der Waals surface area contributed by atoms with Crippen LogP contribution in [0, 0.1) is 20.8 Å². The minimum absolute atomic E-state index is 0.244. The summed E-state index contributed by atoms with van der Waals surface area (Å²) in [5.74, 6) is 0.731. The van der Waals surface area contributed by atoms with E-state index in [9.17, 15) is 15.3 Å². The van der Waals surface area contributed by atoms with Gasteiger partial charge in [0.05, 0.1) is 19.6 Å². The van der Waals surface area contributed by atoms with Crippen LogP contribution >= 0.6 is 0 Å². The van der Waals surface area contributed by atoms with Gasteiger partial charge in [-0.1, -0.05) is 182 Å². The molecule has 10 nitrogen and oxygen atoms in total. The van der Waals surface area contributed by atoms with Gasteiger partial charge in [0.2, 0.25) is 0 Å². The van der Waals surface area contributed by atoms with E-state index in [1.54, 1.807) is 0 Å². The highest BCUT2D eigenvalue weighted by molar-refractivity contribution is 6.26. The summed E-state index contributed by atoms with van der Waals surface area (Å²) in [5, 5.41) is 58.5. The van der Waals surface area contributed by atoms with Gasteiger partial charge in [0, 0.05) is 111 Å². The van der Waals surface area contributed by atoms with Crippen molar-refractivity contribution in [3.63, 3.8) is 0 Å². The maximum atomic E-state index is 11.8. The summed E-state index contributed by atoms with van der Waals surface area (Å²) in [6.07, 6.45) is 5.43. The second-order valence-electron chi connectivity index (χ2n) is 27.3. The van der Waals surface area contributed by atoms with Crippen LogP contribution in [0.3, 0.4) is 0 Å². The molecule has 0 aromatic heterocycles. The predicted molar refractivity (Wildman–Crippen MR) is 408 cm³/mol. The lowest BCUT2D eigenvalue weighted by molar-refractivity contribution is 0.298. The molecule has 0 saturated heterocycles. The number of phenolic OH excluding ortho intramolecular Hbond substituents is 3. The van der Waals surface area contributed by atoms with E-state index in [0.29, 0.717) is 75.6 Å².